The van der Waals surface area contributed by atoms with Crippen LogP contribution in [0.1, 0.15) is 18.4 Å². The third-order valence-corrected chi connectivity index (χ3v) is 4.32. The first kappa shape index (κ1) is 20.5. The Labute approximate surface area is 163 Å². The lowest BCUT2D eigenvalue weighted by atomic mass is 10.1. The molecule has 0 spiro atoms. The fraction of sp³-hybridized carbons (Fsp3) is 0.278. The van der Waals surface area contributed by atoms with E-state index in [9.17, 15) is 18.0 Å². The smallest absolute Gasteiger partial charge is 0.305 e. The number of rotatable bonds is 8. The average Bonchev–Trinajstić information content (AvgIpc) is 2.61. The SMILES string of the molecule is COC(=O)CCCNCc1ccc(F)c(F)c1Nc1ccc(I)cc1F. The van der Waals surface area contributed by atoms with Crippen LogP contribution >= 0.6 is 22.6 Å². The van der Waals surface area contributed by atoms with E-state index in [1.54, 1.807) is 6.07 Å². The first-order chi connectivity index (χ1) is 12.4. The minimum absolute atomic E-state index is 0.0573. The second-order valence-corrected chi connectivity index (χ2v) is 6.75. The van der Waals surface area contributed by atoms with Gasteiger partial charge in [-0.05, 0) is 65.4 Å². The van der Waals surface area contributed by atoms with Crippen molar-refractivity contribution in [2.45, 2.75) is 19.4 Å². The molecule has 2 aromatic rings. The van der Waals surface area contributed by atoms with Gasteiger partial charge in [-0.2, -0.15) is 0 Å². The van der Waals surface area contributed by atoms with Gasteiger partial charge < -0.3 is 15.4 Å². The Morgan fingerprint density at radius 2 is 1.92 bits per heavy atom. The van der Waals surface area contributed by atoms with Crippen molar-refractivity contribution in [1.82, 2.24) is 5.32 Å². The Hall–Kier alpha value is -1.81. The quantitative estimate of drug-likeness (QED) is 0.334. The lowest BCUT2D eigenvalue weighted by Gasteiger charge is -2.15. The van der Waals surface area contributed by atoms with Crippen LogP contribution in [0.4, 0.5) is 24.5 Å². The molecular formula is C18H18F3IN2O2. The minimum atomic E-state index is -1.07. The molecule has 2 rings (SSSR count). The molecule has 8 heteroatoms. The van der Waals surface area contributed by atoms with Crippen molar-refractivity contribution in [3.8, 4) is 0 Å². The zero-order valence-corrected chi connectivity index (χ0v) is 16.2. The van der Waals surface area contributed by atoms with Crippen molar-refractivity contribution in [2.75, 3.05) is 19.0 Å². The van der Waals surface area contributed by atoms with Crippen molar-refractivity contribution in [3.63, 3.8) is 0 Å². The molecule has 0 bridgehead atoms. The molecule has 0 aliphatic carbocycles. The minimum Gasteiger partial charge on any atom is -0.469 e. The Morgan fingerprint density at radius 3 is 2.62 bits per heavy atom. The van der Waals surface area contributed by atoms with Crippen LogP contribution < -0.4 is 10.6 Å². The predicted molar refractivity (Wildman–Crippen MR) is 102 cm³/mol. The summed E-state index contributed by atoms with van der Waals surface area (Å²) in [5.41, 5.74) is 0.382. The number of hydrogen-bond donors (Lipinski definition) is 2. The molecule has 0 unspecified atom stereocenters. The van der Waals surface area contributed by atoms with Gasteiger partial charge in [-0.1, -0.05) is 6.07 Å². The highest BCUT2D eigenvalue weighted by Crippen LogP contribution is 2.28. The molecule has 0 saturated heterocycles. The van der Waals surface area contributed by atoms with Crippen molar-refractivity contribution in [1.29, 1.82) is 0 Å². The molecule has 0 aliphatic rings. The lowest BCUT2D eigenvalue weighted by molar-refractivity contribution is -0.140. The second-order valence-electron chi connectivity index (χ2n) is 5.50. The maximum atomic E-state index is 14.2. The number of esters is 1. The molecule has 0 aromatic heterocycles. The van der Waals surface area contributed by atoms with E-state index in [2.05, 4.69) is 15.4 Å². The van der Waals surface area contributed by atoms with Crippen molar-refractivity contribution < 1.29 is 22.7 Å². The molecule has 2 N–H and O–H groups in total. The van der Waals surface area contributed by atoms with Gasteiger partial charge in [0, 0.05) is 16.5 Å². The molecule has 26 heavy (non-hydrogen) atoms. The standard InChI is InChI=1S/C18H18F3IN2O2/c1-26-16(25)3-2-8-23-10-11-4-6-13(19)17(21)18(11)24-15-7-5-12(22)9-14(15)20/h4-7,9,23-24H,2-3,8,10H2,1H3. The van der Waals surface area contributed by atoms with E-state index in [1.807, 2.05) is 22.6 Å². The number of carbonyl (C=O) groups excluding carboxylic acids is 1. The van der Waals surface area contributed by atoms with Gasteiger partial charge in [-0.25, -0.2) is 13.2 Å². The van der Waals surface area contributed by atoms with Crippen LogP contribution in [-0.4, -0.2) is 19.6 Å². The normalized spacial score (nSPS) is 10.7. The van der Waals surface area contributed by atoms with Crippen LogP contribution in [0.3, 0.4) is 0 Å². The van der Waals surface area contributed by atoms with Gasteiger partial charge in [0.2, 0.25) is 0 Å². The van der Waals surface area contributed by atoms with Crippen LogP contribution in [0.15, 0.2) is 30.3 Å². The topological polar surface area (TPSA) is 50.4 Å². The molecule has 2 aromatic carbocycles. The summed E-state index contributed by atoms with van der Waals surface area (Å²) in [5.74, 6) is -2.96. The zero-order chi connectivity index (χ0) is 19.1. The highest BCUT2D eigenvalue weighted by atomic mass is 127. The van der Waals surface area contributed by atoms with Crippen molar-refractivity contribution in [2.24, 2.45) is 0 Å². The molecule has 0 atom stereocenters. The van der Waals surface area contributed by atoms with Crippen LogP contribution in [0, 0.1) is 21.0 Å². The van der Waals surface area contributed by atoms with Gasteiger partial charge in [0.05, 0.1) is 18.5 Å². The molecule has 0 heterocycles. The number of nitrogens with one attached hydrogen (secondary N) is 2. The molecule has 140 valence electrons. The van der Waals surface area contributed by atoms with E-state index < -0.39 is 17.5 Å². The van der Waals surface area contributed by atoms with Gasteiger partial charge in [0.15, 0.2) is 11.6 Å². The molecular weight excluding hydrogens is 460 g/mol. The van der Waals surface area contributed by atoms with Gasteiger partial charge in [-0.3, -0.25) is 4.79 Å². The third kappa shape index (κ3) is 5.60. The predicted octanol–water partition coefficient (Wildman–Crippen LogP) is 4.49. The zero-order valence-electron chi connectivity index (χ0n) is 14.0. The third-order valence-electron chi connectivity index (χ3n) is 3.65. The summed E-state index contributed by atoms with van der Waals surface area (Å²) < 4.78 is 47.1. The number of halogens is 4. The van der Waals surface area contributed by atoms with Crippen molar-refractivity contribution >= 4 is 39.9 Å². The summed E-state index contributed by atoms with van der Waals surface area (Å²) in [7, 11) is 1.32. The molecule has 0 amide bonds. The van der Waals surface area contributed by atoms with E-state index >= 15 is 0 Å². The van der Waals surface area contributed by atoms with Crippen LogP contribution in [0.5, 0.6) is 0 Å². The monoisotopic (exact) mass is 478 g/mol. The largest absolute Gasteiger partial charge is 0.469 e. The maximum Gasteiger partial charge on any atom is 0.305 e. The fourth-order valence-electron chi connectivity index (χ4n) is 2.28. The number of anilines is 2. The summed E-state index contributed by atoms with van der Waals surface area (Å²) in [5, 5.41) is 5.68. The lowest BCUT2D eigenvalue weighted by Crippen LogP contribution is -2.17. The summed E-state index contributed by atoms with van der Waals surface area (Å²) in [6, 6.07) is 6.88. The van der Waals surface area contributed by atoms with E-state index in [0.717, 1.165) is 6.07 Å². The Bertz CT molecular complexity index is 787. The van der Waals surface area contributed by atoms with Gasteiger partial charge >= 0.3 is 5.97 Å². The Kier molecular flexibility index (Phi) is 7.70. The number of benzene rings is 2. The molecule has 0 aliphatic heterocycles. The Morgan fingerprint density at radius 1 is 1.15 bits per heavy atom. The van der Waals surface area contributed by atoms with Gasteiger partial charge in [-0.15, -0.1) is 0 Å². The summed E-state index contributed by atoms with van der Waals surface area (Å²) in [6.07, 6.45) is 0.811. The first-order valence-electron chi connectivity index (χ1n) is 7.89. The van der Waals surface area contributed by atoms with Crippen LogP contribution in [0.25, 0.3) is 0 Å². The van der Waals surface area contributed by atoms with E-state index in [-0.39, 0.29) is 30.3 Å². The highest BCUT2D eigenvalue weighted by molar-refractivity contribution is 14.1. The average molecular weight is 478 g/mol. The first-order valence-corrected chi connectivity index (χ1v) is 8.96. The number of hydrogen-bond acceptors (Lipinski definition) is 4. The molecule has 0 saturated carbocycles. The summed E-state index contributed by atoms with van der Waals surface area (Å²) >= 11 is 1.96. The fourth-order valence-corrected chi connectivity index (χ4v) is 2.73. The van der Waals surface area contributed by atoms with Crippen LogP contribution in [-0.2, 0) is 16.1 Å². The second kappa shape index (κ2) is 9.77. The van der Waals surface area contributed by atoms with E-state index in [0.29, 0.717) is 22.1 Å². The molecule has 4 nitrogen and oxygen atoms in total. The maximum absolute atomic E-state index is 14.2. The molecule has 0 fully saturated rings. The van der Waals surface area contributed by atoms with E-state index in [1.165, 1.54) is 25.3 Å². The summed E-state index contributed by atoms with van der Waals surface area (Å²) in [6.45, 7) is 0.720. The van der Waals surface area contributed by atoms with Crippen molar-refractivity contribution in [3.05, 3.63) is 56.9 Å². The highest BCUT2D eigenvalue weighted by Gasteiger charge is 2.15. The van der Waals surface area contributed by atoms with Crippen LogP contribution in [0.2, 0.25) is 0 Å². The van der Waals surface area contributed by atoms with E-state index in [4.69, 9.17) is 0 Å². The molecule has 0 radical (unpaired) electrons. The Balaban J connectivity index is 2.09. The number of methoxy groups -OCH3 is 1. The number of ether oxygens (including phenoxy) is 1. The summed E-state index contributed by atoms with van der Waals surface area (Å²) in [4.78, 5) is 11.1. The van der Waals surface area contributed by atoms with Gasteiger partial charge in [0.25, 0.3) is 0 Å². The van der Waals surface area contributed by atoms with Gasteiger partial charge in [0.1, 0.15) is 5.82 Å². The number of carbonyl (C=O) groups is 1.